The molecule has 0 saturated carbocycles. The van der Waals surface area contributed by atoms with Gasteiger partial charge in [-0.3, -0.25) is 4.79 Å². The number of para-hydroxylation sites is 2. The molecule has 0 saturated heterocycles. The van der Waals surface area contributed by atoms with Gasteiger partial charge in [-0.2, -0.15) is 0 Å². The molecule has 0 aliphatic heterocycles. The fourth-order valence-electron chi connectivity index (χ4n) is 3.75. The number of nitrogens with one attached hydrogen (secondary N) is 1. The van der Waals surface area contributed by atoms with Gasteiger partial charge in [0.05, 0.1) is 17.1 Å². The smallest absolute Gasteiger partial charge is 0.220 e. The number of rotatable bonds is 8. The summed E-state index contributed by atoms with van der Waals surface area (Å²) in [6, 6.07) is 23.1. The van der Waals surface area contributed by atoms with Gasteiger partial charge < -0.3 is 15.0 Å². The van der Waals surface area contributed by atoms with Crippen molar-refractivity contribution in [2.24, 2.45) is 0 Å². The van der Waals surface area contributed by atoms with E-state index in [0.717, 1.165) is 23.4 Å². The Morgan fingerprint density at radius 1 is 1.07 bits per heavy atom. The van der Waals surface area contributed by atoms with Crippen molar-refractivity contribution in [3.8, 4) is 0 Å². The normalized spacial score (nSPS) is 12.3. The van der Waals surface area contributed by atoms with Gasteiger partial charge in [-0.25, -0.2) is 4.98 Å². The molecule has 3 aromatic carbocycles. The summed E-state index contributed by atoms with van der Waals surface area (Å²) in [6.45, 7) is 2.96. The maximum atomic E-state index is 12.0. The highest BCUT2D eigenvalue weighted by atomic mass is 16.3. The highest BCUT2D eigenvalue weighted by Gasteiger charge is 2.12. The molecular formula is C25H27N3O2. The fourth-order valence-corrected chi connectivity index (χ4v) is 3.75. The lowest BCUT2D eigenvalue weighted by molar-refractivity contribution is -0.121. The quantitative estimate of drug-likeness (QED) is 0.468. The third kappa shape index (κ3) is 4.69. The minimum atomic E-state index is -0.457. The van der Waals surface area contributed by atoms with Gasteiger partial charge in [0.15, 0.2) is 0 Å². The number of fused-ring (bicyclic) bond motifs is 2. The molecular weight excluding hydrogens is 374 g/mol. The molecule has 1 aromatic heterocycles. The minimum Gasteiger partial charge on any atom is -0.393 e. The van der Waals surface area contributed by atoms with Gasteiger partial charge >= 0.3 is 0 Å². The van der Waals surface area contributed by atoms with E-state index in [9.17, 15) is 9.90 Å². The second kappa shape index (κ2) is 9.09. The van der Waals surface area contributed by atoms with Crippen molar-refractivity contribution in [1.29, 1.82) is 0 Å². The Bertz CT molecular complexity index is 1160. The zero-order chi connectivity index (χ0) is 20.9. The van der Waals surface area contributed by atoms with E-state index >= 15 is 0 Å². The third-order valence-corrected chi connectivity index (χ3v) is 5.35. The van der Waals surface area contributed by atoms with Crippen molar-refractivity contribution in [2.75, 3.05) is 6.54 Å². The molecule has 0 unspecified atom stereocenters. The summed E-state index contributed by atoms with van der Waals surface area (Å²) in [6.07, 6.45) is 1.02. The Hall–Kier alpha value is -3.18. The molecule has 0 bridgehead atoms. The van der Waals surface area contributed by atoms with Crippen LogP contribution in [0.2, 0.25) is 0 Å². The van der Waals surface area contributed by atoms with Crippen LogP contribution in [0.1, 0.15) is 31.2 Å². The number of amides is 1. The van der Waals surface area contributed by atoms with Crippen LogP contribution in [0.5, 0.6) is 0 Å². The minimum absolute atomic E-state index is 0.0342. The average molecular weight is 402 g/mol. The van der Waals surface area contributed by atoms with E-state index in [1.165, 1.54) is 16.3 Å². The Labute approximate surface area is 176 Å². The molecule has 30 heavy (non-hydrogen) atoms. The first-order valence-corrected chi connectivity index (χ1v) is 10.5. The van der Waals surface area contributed by atoms with Crippen LogP contribution in [0.15, 0.2) is 66.7 Å². The number of hydrogen-bond acceptors (Lipinski definition) is 3. The van der Waals surface area contributed by atoms with Crippen LogP contribution in [0.4, 0.5) is 0 Å². The molecule has 2 N–H and O–H groups in total. The predicted octanol–water partition coefficient (Wildman–Crippen LogP) is 4.06. The van der Waals surface area contributed by atoms with Crippen LogP contribution < -0.4 is 5.32 Å². The van der Waals surface area contributed by atoms with Crippen molar-refractivity contribution in [3.05, 3.63) is 78.1 Å². The number of aliphatic hydroxyl groups excluding tert-OH is 1. The summed E-state index contributed by atoms with van der Waals surface area (Å²) in [5.41, 5.74) is 3.29. The van der Waals surface area contributed by atoms with E-state index in [1.807, 2.05) is 18.2 Å². The highest BCUT2D eigenvalue weighted by Crippen LogP contribution is 2.21. The lowest BCUT2D eigenvalue weighted by Crippen LogP contribution is -2.27. The molecule has 1 atom stereocenters. The molecule has 1 heterocycles. The number of imidazole rings is 1. The highest BCUT2D eigenvalue weighted by molar-refractivity contribution is 5.83. The number of nitrogens with zero attached hydrogens (tertiary/aromatic N) is 2. The first-order chi connectivity index (χ1) is 14.6. The summed E-state index contributed by atoms with van der Waals surface area (Å²) in [7, 11) is 0. The first kappa shape index (κ1) is 20.1. The van der Waals surface area contributed by atoms with Gasteiger partial charge in [-0.1, -0.05) is 48.5 Å². The van der Waals surface area contributed by atoms with Gasteiger partial charge in [0.25, 0.3) is 0 Å². The van der Waals surface area contributed by atoms with Crippen molar-refractivity contribution < 1.29 is 9.90 Å². The van der Waals surface area contributed by atoms with Crippen molar-refractivity contribution in [1.82, 2.24) is 14.9 Å². The SMILES string of the molecule is C[C@H](O)CCC(=O)NCCc1nc2ccccc2n1Cc1ccc2ccccc2c1. The molecule has 5 heteroatoms. The lowest BCUT2D eigenvalue weighted by atomic mass is 10.1. The van der Waals surface area contributed by atoms with E-state index in [4.69, 9.17) is 4.98 Å². The molecule has 0 aliphatic carbocycles. The lowest BCUT2D eigenvalue weighted by Gasteiger charge is -2.11. The fraction of sp³-hybridized carbons (Fsp3) is 0.280. The maximum absolute atomic E-state index is 12.0. The third-order valence-electron chi connectivity index (χ3n) is 5.35. The molecule has 0 aliphatic rings. The average Bonchev–Trinajstić information content (AvgIpc) is 3.09. The van der Waals surface area contributed by atoms with E-state index in [0.29, 0.717) is 25.8 Å². The second-order valence-electron chi connectivity index (χ2n) is 7.77. The zero-order valence-corrected chi connectivity index (χ0v) is 17.2. The molecule has 1 amide bonds. The topological polar surface area (TPSA) is 67.2 Å². The van der Waals surface area contributed by atoms with Gasteiger partial charge in [-0.05, 0) is 47.9 Å². The molecule has 0 radical (unpaired) electrons. The van der Waals surface area contributed by atoms with Crippen LogP contribution in [0, 0.1) is 0 Å². The standard InChI is InChI=1S/C25H27N3O2/c1-18(29)10-13-25(30)26-15-14-24-27-22-8-4-5-9-23(22)28(24)17-19-11-12-20-6-2-3-7-21(20)16-19/h2-9,11-12,16,18,29H,10,13-15,17H2,1H3,(H,26,30)/t18-/m0/s1. The van der Waals surface area contributed by atoms with Crippen LogP contribution >= 0.6 is 0 Å². The second-order valence-corrected chi connectivity index (χ2v) is 7.77. The summed E-state index contributed by atoms with van der Waals surface area (Å²) >= 11 is 0. The van der Waals surface area contributed by atoms with Crippen LogP contribution in [0.25, 0.3) is 21.8 Å². The van der Waals surface area contributed by atoms with E-state index in [1.54, 1.807) is 6.92 Å². The monoisotopic (exact) mass is 401 g/mol. The Morgan fingerprint density at radius 3 is 2.67 bits per heavy atom. The summed E-state index contributed by atoms with van der Waals surface area (Å²) in [4.78, 5) is 16.8. The molecule has 0 fully saturated rings. The number of carbonyl (C=O) groups is 1. The molecule has 5 nitrogen and oxygen atoms in total. The van der Waals surface area contributed by atoms with E-state index < -0.39 is 6.10 Å². The van der Waals surface area contributed by atoms with Crippen LogP contribution in [-0.4, -0.2) is 33.2 Å². The van der Waals surface area contributed by atoms with E-state index in [-0.39, 0.29) is 5.91 Å². The van der Waals surface area contributed by atoms with Gasteiger partial charge in [0, 0.05) is 25.9 Å². The number of benzene rings is 3. The van der Waals surface area contributed by atoms with Crippen LogP contribution in [-0.2, 0) is 17.8 Å². The Morgan fingerprint density at radius 2 is 1.83 bits per heavy atom. The number of aliphatic hydroxyl groups is 1. The molecule has 154 valence electrons. The molecule has 4 rings (SSSR count). The Kier molecular flexibility index (Phi) is 6.10. The predicted molar refractivity (Wildman–Crippen MR) is 120 cm³/mol. The van der Waals surface area contributed by atoms with Crippen molar-refractivity contribution in [3.63, 3.8) is 0 Å². The molecule has 4 aromatic rings. The number of hydrogen-bond donors (Lipinski definition) is 2. The number of aromatic nitrogens is 2. The van der Waals surface area contributed by atoms with Crippen LogP contribution in [0.3, 0.4) is 0 Å². The largest absolute Gasteiger partial charge is 0.393 e. The van der Waals surface area contributed by atoms with Crippen molar-refractivity contribution >= 4 is 27.7 Å². The first-order valence-electron chi connectivity index (χ1n) is 10.5. The van der Waals surface area contributed by atoms with Gasteiger partial charge in [0.2, 0.25) is 5.91 Å². The summed E-state index contributed by atoms with van der Waals surface area (Å²) < 4.78 is 2.24. The van der Waals surface area contributed by atoms with Gasteiger partial charge in [-0.15, -0.1) is 0 Å². The van der Waals surface area contributed by atoms with Crippen molar-refractivity contribution in [2.45, 2.75) is 38.8 Å². The van der Waals surface area contributed by atoms with E-state index in [2.05, 4.69) is 58.4 Å². The summed E-state index contributed by atoms with van der Waals surface area (Å²) in [5, 5.41) is 14.7. The molecule has 0 spiro atoms. The zero-order valence-electron chi connectivity index (χ0n) is 17.2. The number of carbonyl (C=O) groups excluding carboxylic acids is 1. The summed E-state index contributed by atoms with van der Waals surface area (Å²) in [5.74, 6) is 0.924. The Balaban J connectivity index is 1.53. The van der Waals surface area contributed by atoms with Gasteiger partial charge in [0.1, 0.15) is 5.82 Å². The maximum Gasteiger partial charge on any atom is 0.220 e.